The summed E-state index contributed by atoms with van der Waals surface area (Å²) in [6.45, 7) is 8.17. The van der Waals surface area contributed by atoms with Crippen LogP contribution in [0.15, 0.2) is 30.3 Å². The van der Waals surface area contributed by atoms with Gasteiger partial charge in [-0.1, -0.05) is 25.1 Å². The Hall–Kier alpha value is -2.50. The third kappa shape index (κ3) is 4.32. The molecule has 1 aliphatic rings. The molecule has 0 bridgehead atoms. The van der Waals surface area contributed by atoms with Crippen molar-refractivity contribution >= 4 is 6.03 Å². The first-order valence-corrected chi connectivity index (χ1v) is 8.80. The molecule has 6 heteroatoms. The van der Waals surface area contributed by atoms with Gasteiger partial charge in [-0.25, -0.2) is 4.79 Å². The smallest absolute Gasteiger partial charge is 0.315 e. The highest BCUT2D eigenvalue weighted by molar-refractivity contribution is 5.74. The molecular weight excluding hydrogens is 316 g/mol. The van der Waals surface area contributed by atoms with E-state index in [-0.39, 0.29) is 12.1 Å². The maximum Gasteiger partial charge on any atom is 0.315 e. The van der Waals surface area contributed by atoms with Gasteiger partial charge in [-0.3, -0.25) is 4.68 Å². The van der Waals surface area contributed by atoms with Crippen molar-refractivity contribution in [1.82, 2.24) is 20.4 Å². The Kier molecular flexibility index (Phi) is 5.26. The van der Waals surface area contributed by atoms with Crippen LogP contribution in [0.5, 0.6) is 5.75 Å². The molecule has 0 saturated carbocycles. The lowest BCUT2D eigenvalue weighted by Gasteiger charge is -2.27. The van der Waals surface area contributed by atoms with Crippen molar-refractivity contribution in [3.05, 3.63) is 47.3 Å². The molecule has 6 nitrogen and oxygen atoms in total. The van der Waals surface area contributed by atoms with Crippen LogP contribution >= 0.6 is 0 Å². The topological polar surface area (TPSA) is 68.2 Å². The minimum Gasteiger partial charge on any atom is -0.493 e. The zero-order chi connectivity index (χ0) is 17.8. The number of hydrogen-bond donors (Lipinski definition) is 2. The van der Waals surface area contributed by atoms with Gasteiger partial charge in [0, 0.05) is 30.8 Å². The molecule has 25 heavy (non-hydrogen) atoms. The average molecular weight is 342 g/mol. The van der Waals surface area contributed by atoms with Gasteiger partial charge in [0.25, 0.3) is 0 Å². The van der Waals surface area contributed by atoms with E-state index in [2.05, 4.69) is 35.6 Å². The van der Waals surface area contributed by atoms with E-state index in [0.29, 0.717) is 19.1 Å². The summed E-state index contributed by atoms with van der Waals surface area (Å²) in [7, 11) is 0. The molecule has 0 fully saturated rings. The predicted octanol–water partition coefficient (Wildman–Crippen LogP) is 2.96. The van der Waals surface area contributed by atoms with Gasteiger partial charge in [0.2, 0.25) is 0 Å². The van der Waals surface area contributed by atoms with Gasteiger partial charge >= 0.3 is 6.03 Å². The number of fused-ring (bicyclic) bond motifs is 1. The molecule has 0 spiro atoms. The molecule has 2 amide bonds. The van der Waals surface area contributed by atoms with Crippen LogP contribution in [0.25, 0.3) is 0 Å². The van der Waals surface area contributed by atoms with Gasteiger partial charge in [0.15, 0.2) is 0 Å². The van der Waals surface area contributed by atoms with Crippen LogP contribution in [0.3, 0.4) is 0 Å². The molecule has 0 saturated heterocycles. The monoisotopic (exact) mass is 342 g/mol. The lowest BCUT2D eigenvalue weighted by atomic mass is 10.0. The molecule has 2 atom stereocenters. The summed E-state index contributed by atoms with van der Waals surface area (Å²) in [5.41, 5.74) is 3.21. The highest BCUT2D eigenvalue weighted by Gasteiger charge is 2.22. The van der Waals surface area contributed by atoms with Crippen molar-refractivity contribution in [2.45, 2.75) is 39.8 Å². The number of para-hydroxylation sites is 1. The fraction of sp³-hybridized carbons (Fsp3) is 0.474. The number of nitrogens with one attached hydrogen (secondary N) is 2. The number of hydrogen-bond acceptors (Lipinski definition) is 3. The Morgan fingerprint density at radius 2 is 2.20 bits per heavy atom. The normalized spacial score (nSPS) is 17.3. The number of aromatic nitrogens is 2. The SMILES string of the molecule is Cc1cc(C)n(C[C@H](C)CNC(=O)N[C@H]2CCOc3ccccc32)n1. The molecule has 0 radical (unpaired) electrons. The molecular formula is C19H26N4O2. The number of nitrogens with zero attached hydrogens (tertiary/aromatic N) is 2. The van der Waals surface area contributed by atoms with Crippen LogP contribution in [0.4, 0.5) is 4.79 Å². The molecule has 2 aromatic rings. The molecule has 3 rings (SSSR count). The summed E-state index contributed by atoms with van der Waals surface area (Å²) in [6, 6.07) is 9.79. The molecule has 1 aromatic carbocycles. The van der Waals surface area contributed by atoms with E-state index >= 15 is 0 Å². The minimum atomic E-state index is -0.137. The maximum atomic E-state index is 12.3. The number of benzene rings is 1. The van der Waals surface area contributed by atoms with Crippen molar-refractivity contribution in [2.24, 2.45) is 5.92 Å². The van der Waals surface area contributed by atoms with Gasteiger partial charge in [0.1, 0.15) is 5.75 Å². The second-order valence-corrected chi connectivity index (χ2v) is 6.80. The fourth-order valence-electron chi connectivity index (χ4n) is 3.19. The van der Waals surface area contributed by atoms with E-state index in [1.165, 1.54) is 0 Å². The van der Waals surface area contributed by atoms with Crippen molar-refractivity contribution in [3.8, 4) is 5.75 Å². The predicted molar refractivity (Wildman–Crippen MR) is 96.7 cm³/mol. The maximum absolute atomic E-state index is 12.3. The Morgan fingerprint density at radius 1 is 1.40 bits per heavy atom. The Labute approximate surface area is 148 Å². The Bertz CT molecular complexity index is 741. The Morgan fingerprint density at radius 3 is 2.96 bits per heavy atom. The quantitative estimate of drug-likeness (QED) is 0.878. The molecule has 1 aliphatic heterocycles. The molecule has 0 unspecified atom stereocenters. The summed E-state index contributed by atoms with van der Waals surface area (Å²) >= 11 is 0. The number of ether oxygens (including phenoxy) is 1. The highest BCUT2D eigenvalue weighted by atomic mass is 16.5. The van der Waals surface area contributed by atoms with E-state index in [0.717, 1.165) is 35.7 Å². The summed E-state index contributed by atoms with van der Waals surface area (Å²) in [5.74, 6) is 1.16. The lowest BCUT2D eigenvalue weighted by Crippen LogP contribution is -2.41. The summed E-state index contributed by atoms with van der Waals surface area (Å²) < 4.78 is 7.63. The number of urea groups is 1. The number of amides is 2. The highest BCUT2D eigenvalue weighted by Crippen LogP contribution is 2.31. The van der Waals surface area contributed by atoms with Crippen molar-refractivity contribution in [3.63, 3.8) is 0 Å². The minimum absolute atomic E-state index is 0.00346. The van der Waals surface area contributed by atoms with Crippen molar-refractivity contribution in [1.29, 1.82) is 0 Å². The van der Waals surface area contributed by atoms with Crippen LogP contribution in [-0.2, 0) is 6.54 Å². The van der Waals surface area contributed by atoms with E-state index in [4.69, 9.17) is 4.74 Å². The molecule has 2 heterocycles. The van der Waals surface area contributed by atoms with Crippen LogP contribution < -0.4 is 15.4 Å². The fourth-order valence-corrected chi connectivity index (χ4v) is 3.19. The number of aryl methyl sites for hydroxylation is 2. The first kappa shape index (κ1) is 17.3. The van der Waals surface area contributed by atoms with Crippen LogP contribution in [0, 0.1) is 19.8 Å². The third-order valence-electron chi connectivity index (χ3n) is 4.46. The zero-order valence-electron chi connectivity index (χ0n) is 15.1. The van der Waals surface area contributed by atoms with Gasteiger partial charge in [-0.15, -0.1) is 0 Å². The lowest BCUT2D eigenvalue weighted by molar-refractivity contribution is 0.221. The van der Waals surface area contributed by atoms with E-state index in [9.17, 15) is 4.79 Å². The summed E-state index contributed by atoms with van der Waals surface area (Å²) in [4.78, 5) is 12.3. The van der Waals surface area contributed by atoms with Crippen molar-refractivity contribution < 1.29 is 9.53 Å². The number of rotatable bonds is 5. The zero-order valence-corrected chi connectivity index (χ0v) is 15.1. The molecule has 134 valence electrons. The first-order chi connectivity index (χ1) is 12.0. The average Bonchev–Trinajstić information content (AvgIpc) is 2.90. The Balaban J connectivity index is 1.49. The van der Waals surface area contributed by atoms with Crippen LogP contribution in [-0.4, -0.2) is 29.0 Å². The summed E-state index contributed by atoms with van der Waals surface area (Å²) in [5, 5.41) is 10.5. The first-order valence-electron chi connectivity index (χ1n) is 8.80. The van der Waals surface area contributed by atoms with E-state index in [1.54, 1.807) is 0 Å². The van der Waals surface area contributed by atoms with Gasteiger partial charge in [-0.05, 0) is 31.9 Å². The van der Waals surface area contributed by atoms with Crippen LogP contribution in [0.1, 0.15) is 36.3 Å². The second-order valence-electron chi connectivity index (χ2n) is 6.80. The van der Waals surface area contributed by atoms with Gasteiger partial charge in [0.05, 0.1) is 18.3 Å². The third-order valence-corrected chi connectivity index (χ3v) is 4.46. The van der Waals surface area contributed by atoms with Crippen LogP contribution in [0.2, 0.25) is 0 Å². The molecule has 2 N–H and O–H groups in total. The number of carbonyl (C=O) groups excluding carboxylic acids is 1. The largest absolute Gasteiger partial charge is 0.493 e. The second kappa shape index (κ2) is 7.59. The summed E-state index contributed by atoms with van der Waals surface area (Å²) in [6.07, 6.45) is 0.783. The van der Waals surface area contributed by atoms with E-state index < -0.39 is 0 Å². The molecule has 1 aromatic heterocycles. The molecule has 0 aliphatic carbocycles. The van der Waals surface area contributed by atoms with Gasteiger partial charge < -0.3 is 15.4 Å². The van der Waals surface area contributed by atoms with E-state index in [1.807, 2.05) is 35.9 Å². The standard InChI is InChI=1S/C19H26N4O2/c1-13(12-23-15(3)10-14(2)22-23)11-20-19(24)21-17-8-9-25-18-7-5-4-6-16(17)18/h4-7,10,13,17H,8-9,11-12H2,1-3H3,(H2,20,21,24)/t13-,17+/m1/s1. The van der Waals surface area contributed by atoms with Gasteiger partial charge in [-0.2, -0.15) is 5.10 Å². The van der Waals surface area contributed by atoms with Crippen molar-refractivity contribution in [2.75, 3.05) is 13.2 Å². The number of carbonyl (C=O) groups is 1.